The molecule has 0 atom stereocenters. The molecule has 118 valence electrons. The standard InChI is InChI=1S/C17H22N2O3/c1-17(2)10-13(9-14(20)11-17)18-19-16(21)8-12-4-6-15(22-3)7-5-12/h4-7,10,18H,8-9,11H2,1-3H3,(H,19,21). The van der Waals surface area contributed by atoms with Crippen molar-refractivity contribution < 1.29 is 14.3 Å². The molecule has 0 spiro atoms. The molecule has 0 aliphatic heterocycles. The van der Waals surface area contributed by atoms with Gasteiger partial charge in [0.25, 0.3) is 0 Å². The number of benzene rings is 1. The summed E-state index contributed by atoms with van der Waals surface area (Å²) in [6, 6.07) is 7.34. The summed E-state index contributed by atoms with van der Waals surface area (Å²) >= 11 is 0. The highest BCUT2D eigenvalue weighted by Gasteiger charge is 2.26. The van der Waals surface area contributed by atoms with E-state index >= 15 is 0 Å². The lowest BCUT2D eigenvalue weighted by molar-refractivity contribution is -0.122. The van der Waals surface area contributed by atoms with Gasteiger partial charge in [-0.3, -0.25) is 15.0 Å². The Balaban J connectivity index is 1.87. The molecule has 1 aliphatic rings. The van der Waals surface area contributed by atoms with E-state index in [0.717, 1.165) is 17.0 Å². The SMILES string of the molecule is COc1ccc(CC(=O)NNC2=CC(C)(C)CC(=O)C2)cc1. The molecule has 2 rings (SSSR count). The average Bonchev–Trinajstić information content (AvgIpc) is 2.44. The van der Waals surface area contributed by atoms with E-state index in [1.807, 2.05) is 44.2 Å². The normalized spacial score (nSPS) is 16.7. The minimum Gasteiger partial charge on any atom is -0.497 e. The third-order valence-corrected chi connectivity index (χ3v) is 3.49. The van der Waals surface area contributed by atoms with E-state index in [9.17, 15) is 9.59 Å². The van der Waals surface area contributed by atoms with Crippen molar-refractivity contribution >= 4 is 11.7 Å². The molecule has 0 unspecified atom stereocenters. The summed E-state index contributed by atoms with van der Waals surface area (Å²) in [4.78, 5) is 23.6. The van der Waals surface area contributed by atoms with Crippen molar-refractivity contribution in [3.63, 3.8) is 0 Å². The van der Waals surface area contributed by atoms with Crippen LogP contribution in [-0.4, -0.2) is 18.8 Å². The van der Waals surface area contributed by atoms with E-state index < -0.39 is 0 Å². The van der Waals surface area contributed by atoms with E-state index in [1.165, 1.54) is 0 Å². The molecule has 1 aliphatic carbocycles. The average molecular weight is 302 g/mol. The number of carbonyl (C=O) groups excluding carboxylic acids is 2. The Labute approximate surface area is 130 Å². The van der Waals surface area contributed by atoms with E-state index in [4.69, 9.17) is 4.74 Å². The zero-order chi connectivity index (χ0) is 16.2. The Bertz CT molecular complexity index is 588. The van der Waals surface area contributed by atoms with Crippen LogP contribution in [0.25, 0.3) is 0 Å². The van der Waals surface area contributed by atoms with Gasteiger partial charge in [-0.2, -0.15) is 0 Å². The fourth-order valence-corrected chi connectivity index (χ4v) is 2.56. The number of ketones is 1. The van der Waals surface area contributed by atoms with Crippen molar-refractivity contribution in [1.82, 2.24) is 10.9 Å². The topological polar surface area (TPSA) is 67.4 Å². The number of ether oxygens (including phenoxy) is 1. The van der Waals surface area contributed by atoms with Gasteiger partial charge in [-0.05, 0) is 23.1 Å². The summed E-state index contributed by atoms with van der Waals surface area (Å²) in [5.41, 5.74) is 7.00. The fourth-order valence-electron chi connectivity index (χ4n) is 2.56. The van der Waals surface area contributed by atoms with Crippen LogP contribution in [-0.2, 0) is 16.0 Å². The maximum absolute atomic E-state index is 11.9. The van der Waals surface area contributed by atoms with Crippen LogP contribution in [0, 0.1) is 5.41 Å². The summed E-state index contributed by atoms with van der Waals surface area (Å²) < 4.78 is 5.08. The summed E-state index contributed by atoms with van der Waals surface area (Å²) in [5.74, 6) is 0.789. The van der Waals surface area contributed by atoms with Crippen molar-refractivity contribution in [3.8, 4) is 5.75 Å². The molecular weight excluding hydrogens is 280 g/mol. The second-order valence-electron chi connectivity index (χ2n) is 6.25. The second kappa shape index (κ2) is 6.64. The molecule has 22 heavy (non-hydrogen) atoms. The third kappa shape index (κ3) is 4.62. The number of allylic oxidation sites excluding steroid dienone is 2. The minimum atomic E-state index is -0.168. The summed E-state index contributed by atoms with van der Waals surface area (Å²) in [7, 11) is 1.60. The highest BCUT2D eigenvalue weighted by Crippen LogP contribution is 2.29. The van der Waals surface area contributed by atoms with Crippen LogP contribution in [0.5, 0.6) is 5.75 Å². The zero-order valence-corrected chi connectivity index (χ0v) is 13.2. The Morgan fingerprint density at radius 2 is 1.95 bits per heavy atom. The molecule has 1 amide bonds. The van der Waals surface area contributed by atoms with E-state index in [-0.39, 0.29) is 23.5 Å². The van der Waals surface area contributed by atoms with Crippen LogP contribution < -0.4 is 15.6 Å². The molecule has 0 heterocycles. The molecule has 5 nitrogen and oxygen atoms in total. The van der Waals surface area contributed by atoms with Gasteiger partial charge in [-0.25, -0.2) is 0 Å². The van der Waals surface area contributed by atoms with Gasteiger partial charge < -0.3 is 10.2 Å². The van der Waals surface area contributed by atoms with Gasteiger partial charge in [0, 0.05) is 18.5 Å². The molecule has 0 saturated carbocycles. The van der Waals surface area contributed by atoms with Crippen LogP contribution in [0.1, 0.15) is 32.3 Å². The second-order valence-corrected chi connectivity index (χ2v) is 6.25. The van der Waals surface area contributed by atoms with E-state index in [1.54, 1.807) is 7.11 Å². The van der Waals surface area contributed by atoms with Gasteiger partial charge in [-0.1, -0.05) is 32.1 Å². The number of methoxy groups -OCH3 is 1. The quantitative estimate of drug-likeness (QED) is 0.818. The molecule has 2 N–H and O–H groups in total. The lowest BCUT2D eigenvalue weighted by Crippen LogP contribution is -2.40. The van der Waals surface area contributed by atoms with Gasteiger partial charge in [0.2, 0.25) is 5.91 Å². The monoisotopic (exact) mass is 302 g/mol. The number of amides is 1. The zero-order valence-electron chi connectivity index (χ0n) is 13.2. The summed E-state index contributed by atoms with van der Waals surface area (Å²) in [6.07, 6.45) is 3.15. The first-order valence-electron chi connectivity index (χ1n) is 7.29. The van der Waals surface area contributed by atoms with Gasteiger partial charge in [-0.15, -0.1) is 0 Å². The number of carbonyl (C=O) groups is 2. The number of hydrogen-bond acceptors (Lipinski definition) is 4. The van der Waals surface area contributed by atoms with Gasteiger partial charge in [0.05, 0.1) is 13.5 Å². The third-order valence-electron chi connectivity index (χ3n) is 3.49. The Hall–Kier alpha value is -2.30. The molecule has 0 saturated heterocycles. The predicted octanol–water partition coefficient (Wildman–Crippen LogP) is 2.13. The maximum Gasteiger partial charge on any atom is 0.242 e. The molecule has 1 aromatic rings. The molecular formula is C17H22N2O3. The Morgan fingerprint density at radius 3 is 2.55 bits per heavy atom. The number of rotatable bonds is 5. The lowest BCUT2D eigenvalue weighted by atomic mass is 9.81. The van der Waals surface area contributed by atoms with E-state index in [0.29, 0.717) is 12.8 Å². The highest BCUT2D eigenvalue weighted by atomic mass is 16.5. The molecule has 1 aromatic carbocycles. The van der Waals surface area contributed by atoms with Gasteiger partial charge in [0.1, 0.15) is 11.5 Å². The van der Waals surface area contributed by atoms with Gasteiger partial charge in [0.15, 0.2) is 0 Å². The van der Waals surface area contributed by atoms with Crippen LogP contribution in [0.2, 0.25) is 0 Å². The first kappa shape index (κ1) is 16.1. The molecule has 0 aromatic heterocycles. The van der Waals surface area contributed by atoms with Crippen LogP contribution >= 0.6 is 0 Å². The molecule has 0 bridgehead atoms. The van der Waals surface area contributed by atoms with Crippen molar-refractivity contribution in [2.24, 2.45) is 5.41 Å². The largest absolute Gasteiger partial charge is 0.497 e. The number of nitrogens with one attached hydrogen (secondary N) is 2. The number of hydrogen-bond donors (Lipinski definition) is 2. The van der Waals surface area contributed by atoms with Crippen molar-refractivity contribution in [2.75, 3.05) is 7.11 Å². The minimum absolute atomic E-state index is 0.151. The van der Waals surface area contributed by atoms with Crippen LogP contribution in [0.15, 0.2) is 36.0 Å². The first-order valence-corrected chi connectivity index (χ1v) is 7.29. The van der Waals surface area contributed by atoms with Crippen molar-refractivity contribution in [3.05, 3.63) is 41.6 Å². The lowest BCUT2D eigenvalue weighted by Gasteiger charge is -2.27. The smallest absolute Gasteiger partial charge is 0.242 e. The van der Waals surface area contributed by atoms with Gasteiger partial charge >= 0.3 is 0 Å². The molecule has 5 heteroatoms. The van der Waals surface area contributed by atoms with Crippen LogP contribution in [0.3, 0.4) is 0 Å². The molecule has 0 radical (unpaired) electrons. The number of hydrazine groups is 1. The Morgan fingerprint density at radius 1 is 1.27 bits per heavy atom. The summed E-state index contributed by atoms with van der Waals surface area (Å²) in [6.45, 7) is 4.01. The molecule has 0 fully saturated rings. The van der Waals surface area contributed by atoms with E-state index in [2.05, 4.69) is 10.9 Å². The first-order chi connectivity index (χ1) is 10.4. The fraction of sp³-hybridized carbons (Fsp3) is 0.412. The van der Waals surface area contributed by atoms with Crippen molar-refractivity contribution in [2.45, 2.75) is 33.1 Å². The highest BCUT2D eigenvalue weighted by molar-refractivity contribution is 5.83. The van der Waals surface area contributed by atoms with Crippen LogP contribution in [0.4, 0.5) is 0 Å². The Kier molecular flexibility index (Phi) is 4.85. The maximum atomic E-state index is 11.9. The number of Topliss-reactive ketones (excluding diaryl/α,β-unsaturated/α-hetero) is 1. The van der Waals surface area contributed by atoms with Crippen molar-refractivity contribution in [1.29, 1.82) is 0 Å². The summed E-state index contributed by atoms with van der Waals surface area (Å²) in [5, 5.41) is 0. The predicted molar refractivity (Wildman–Crippen MR) is 84.1 cm³/mol.